The van der Waals surface area contributed by atoms with Crippen LogP contribution in [-0.4, -0.2) is 27.4 Å². The Morgan fingerprint density at radius 3 is 3.10 bits per heavy atom. The van der Waals surface area contributed by atoms with Gasteiger partial charge in [-0.25, -0.2) is 4.98 Å². The van der Waals surface area contributed by atoms with Gasteiger partial charge in [0.25, 0.3) is 0 Å². The number of rotatable bonds is 6. The zero-order chi connectivity index (χ0) is 14.7. The first-order valence-electron chi connectivity index (χ1n) is 6.73. The first-order valence-corrected chi connectivity index (χ1v) is 8.59. The minimum Gasteiger partial charge on any atom is -0.494 e. The third-order valence-electron chi connectivity index (χ3n) is 2.99. The van der Waals surface area contributed by atoms with Gasteiger partial charge in [-0.2, -0.15) is 0 Å². The number of hydrogen-bond acceptors (Lipinski definition) is 5. The number of fused-ring (bicyclic) bond motifs is 1. The highest BCUT2D eigenvalue weighted by atomic mass is 32.2. The summed E-state index contributed by atoms with van der Waals surface area (Å²) in [5.41, 5.74) is 1.86. The van der Waals surface area contributed by atoms with E-state index in [0.29, 0.717) is 12.4 Å². The average molecular weight is 320 g/mol. The summed E-state index contributed by atoms with van der Waals surface area (Å²) in [6.07, 6.45) is -0.456. The number of nitrogens with one attached hydrogen (secondary N) is 1. The predicted octanol–water partition coefficient (Wildman–Crippen LogP) is 3.85. The Morgan fingerprint density at radius 1 is 1.43 bits per heavy atom. The van der Waals surface area contributed by atoms with E-state index in [4.69, 9.17) is 4.74 Å². The van der Waals surface area contributed by atoms with Crippen LogP contribution in [0.15, 0.2) is 40.9 Å². The van der Waals surface area contributed by atoms with E-state index < -0.39 is 6.10 Å². The van der Waals surface area contributed by atoms with Crippen molar-refractivity contribution >= 4 is 34.1 Å². The lowest BCUT2D eigenvalue weighted by molar-refractivity contribution is 0.208. The summed E-state index contributed by atoms with van der Waals surface area (Å²) in [5, 5.41) is 12.9. The number of aromatic amines is 1. The molecule has 0 spiro atoms. The van der Waals surface area contributed by atoms with E-state index in [2.05, 4.69) is 9.97 Å². The summed E-state index contributed by atoms with van der Waals surface area (Å²) < 4.78 is 5.48. The maximum Gasteiger partial charge on any atom is 0.166 e. The highest BCUT2D eigenvalue weighted by molar-refractivity contribution is 7.99. The molecule has 21 heavy (non-hydrogen) atoms. The average Bonchev–Trinajstić information content (AvgIpc) is 3.13. The Kier molecular flexibility index (Phi) is 4.48. The third-order valence-corrected chi connectivity index (χ3v) is 4.91. The molecular formula is C15H16N2O2S2. The molecule has 4 nitrogen and oxygen atoms in total. The van der Waals surface area contributed by atoms with Crippen LogP contribution in [0, 0.1) is 0 Å². The number of aliphatic hydroxyl groups excluding tert-OH is 1. The number of thioether (sulfide) groups is 1. The van der Waals surface area contributed by atoms with Crippen LogP contribution in [0.1, 0.15) is 17.9 Å². The van der Waals surface area contributed by atoms with Crippen LogP contribution in [-0.2, 0) is 0 Å². The zero-order valence-corrected chi connectivity index (χ0v) is 13.2. The molecule has 3 aromatic rings. The second-order valence-electron chi connectivity index (χ2n) is 4.50. The van der Waals surface area contributed by atoms with Gasteiger partial charge in [-0.1, -0.05) is 17.8 Å². The molecular weight excluding hydrogens is 304 g/mol. The minimum absolute atomic E-state index is 0.456. The normalized spacial score (nSPS) is 12.7. The number of imidazole rings is 1. The van der Waals surface area contributed by atoms with E-state index in [-0.39, 0.29) is 0 Å². The van der Waals surface area contributed by atoms with Gasteiger partial charge in [-0.3, -0.25) is 0 Å². The van der Waals surface area contributed by atoms with Gasteiger partial charge in [0, 0.05) is 16.7 Å². The van der Waals surface area contributed by atoms with Crippen LogP contribution in [0.5, 0.6) is 5.75 Å². The lowest BCUT2D eigenvalue weighted by atomic mass is 10.3. The van der Waals surface area contributed by atoms with E-state index in [1.807, 2.05) is 42.6 Å². The number of ether oxygens (including phenoxy) is 1. The summed E-state index contributed by atoms with van der Waals surface area (Å²) in [6, 6.07) is 9.71. The van der Waals surface area contributed by atoms with Crippen molar-refractivity contribution in [2.75, 3.05) is 12.4 Å². The molecule has 0 amide bonds. The van der Waals surface area contributed by atoms with Crippen LogP contribution in [0.2, 0.25) is 0 Å². The van der Waals surface area contributed by atoms with E-state index in [1.54, 1.807) is 11.3 Å². The topological polar surface area (TPSA) is 58.1 Å². The standard InChI is InChI=1S/C15H16N2O2S2/c1-2-19-10-5-6-11-12(8-10)17-15(16-11)21-9-13(18)14-4-3-7-20-14/h3-8,13,18H,2,9H2,1H3,(H,16,17). The summed E-state index contributed by atoms with van der Waals surface area (Å²) in [6.45, 7) is 2.61. The van der Waals surface area contributed by atoms with Gasteiger partial charge in [0.1, 0.15) is 5.75 Å². The molecule has 0 aliphatic heterocycles. The molecule has 0 fully saturated rings. The Labute approximate surface area is 131 Å². The SMILES string of the molecule is CCOc1ccc2nc(SCC(O)c3cccs3)[nH]c2c1. The van der Waals surface area contributed by atoms with E-state index >= 15 is 0 Å². The second-order valence-corrected chi connectivity index (χ2v) is 6.48. The maximum absolute atomic E-state index is 10.1. The molecule has 0 saturated heterocycles. The predicted molar refractivity (Wildman–Crippen MR) is 87.3 cm³/mol. The Balaban J connectivity index is 1.69. The molecule has 0 radical (unpaired) electrons. The molecule has 0 bridgehead atoms. The van der Waals surface area contributed by atoms with Crippen LogP contribution in [0.3, 0.4) is 0 Å². The van der Waals surface area contributed by atoms with Crippen molar-refractivity contribution in [2.45, 2.75) is 18.2 Å². The molecule has 6 heteroatoms. The molecule has 0 aliphatic carbocycles. The van der Waals surface area contributed by atoms with Gasteiger partial charge in [0.15, 0.2) is 5.16 Å². The van der Waals surface area contributed by atoms with E-state index in [1.165, 1.54) is 11.8 Å². The zero-order valence-electron chi connectivity index (χ0n) is 11.6. The number of hydrogen-bond donors (Lipinski definition) is 2. The number of aliphatic hydroxyl groups is 1. The van der Waals surface area contributed by atoms with Crippen LogP contribution >= 0.6 is 23.1 Å². The smallest absolute Gasteiger partial charge is 0.166 e. The lowest BCUT2D eigenvalue weighted by Gasteiger charge is -2.05. The highest BCUT2D eigenvalue weighted by Gasteiger charge is 2.11. The van der Waals surface area contributed by atoms with Gasteiger partial charge in [-0.15, -0.1) is 11.3 Å². The van der Waals surface area contributed by atoms with Crippen molar-refractivity contribution in [3.63, 3.8) is 0 Å². The van der Waals surface area contributed by atoms with E-state index in [9.17, 15) is 5.11 Å². The summed E-state index contributed by atoms with van der Waals surface area (Å²) >= 11 is 3.09. The molecule has 1 atom stereocenters. The number of thiophene rings is 1. The van der Waals surface area contributed by atoms with E-state index in [0.717, 1.165) is 26.8 Å². The maximum atomic E-state index is 10.1. The summed E-state index contributed by atoms with van der Waals surface area (Å²) in [4.78, 5) is 8.75. The Morgan fingerprint density at radius 2 is 2.33 bits per heavy atom. The highest BCUT2D eigenvalue weighted by Crippen LogP contribution is 2.28. The van der Waals surface area contributed by atoms with Gasteiger partial charge < -0.3 is 14.8 Å². The van der Waals surface area contributed by atoms with Gasteiger partial charge in [0.05, 0.1) is 23.7 Å². The molecule has 1 unspecified atom stereocenters. The van der Waals surface area contributed by atoms with Gasteiger partial charge >= 0.3 is 0 Å². The fourth-order valence-electron chi connectivity index (χ4n) is 2.01. The minimum atomic E-state index is -0.456. The summed E-state index contributed by atoms with van der Waals surface area (Å²) in [5.74, 6) is 1.42. The van der Waals surface area contributed by atoms with Crippen LogP contribution in [0.25, 0.3) is 11.0 Å². The molecule has 3 rings (SSSR count). The number of nitrogens with zero attached hydrogens (tertiary/aromatic N) is 1. The molecule has 2 heterocycles. The molecule has 110 valence electrons. The third kappa shape index (κ3) is 3.40. The van der Waals surface area contributed by atoms with Crippen molar-refractivity contribution in [1.29, 1.82) is 0 Å². The Hall–Kier alpha value is -1.50. The number of H-pyrrole nitrogens is 1. The summed E-state index contributed by atoms with van der Waals surface area (Å²) in [7, 11) is 0. The number of benzene rings is 1. The van der Waals surface area contributed by atoms with Crippen molar-refractivity contribution in [3.05, 3.63) is 40.6 Å². The van der Waals surface area contributed by atoms with Crippen LogP contribution < -0.4 is 4.74 Å². The first-order chi connectivity index (χ1) is 10.3. The fourth-order valence-corrected chi connectivity index (χ4v) is 3.67. The van der Waals surface area contributed by atoms with Crippen molar-refractivity contribution < 1.29 is 9.84 Å². The largest absolute Gasteiger partial charge is 0.494 e. The van der Waals surface area contributed by atoms with Gasteiger partial charge in [0.2, 0.25) is 0 Å². The molecule has 0 aliphatic rings. The van der Waals surface area contributed by atoms with Crippen molar-refractivity contribution in [1.82, 2.24) is 9.97 Å². The molecule has 1 aromatic carbocycles. The van der Waals surface area contributed by atoms with Crippen molar-refractivity contribution in [2.24, 2.45) is 0 Å². The quantitative estimate of drug-likeness (QED) is 0.677. The number of aromatic nitrogens is 2. The monoisotopic (exact) mass is 320 g/mol. The van der Waals surface area contributed by atoms with Gasteiger partial charge in [-0.05, 0) is 30.5 Å². The fraction of sp³-hybridized carbons (Fsp3) is 0.267. The molecule has 2 aromatic heterocycles. The molecule has 0 saturated carbocycles. The lowest BCUT2D eigenvalue weighted by Crippen LogP contribution is -1.97. The second kappa shape index (κ2) is 6.51. The first kappa shape index (κ1) is 14.4. The Bertz CT molecular complexity index is 710. The molecule has 2 N–H and O–H groups in total. The van der Waals surface area contributed by atoms with Crippen molar-refractivity contribution in [3.8, 4) is 5.75 Å². The van der Waals surface area contributed by atoms with Crippen LogP contribution in [0.4, 0.5) is 0 Å².